The summed E-state index contributed by atoms with van der Waals surface area (Å²) in [6, 6.07) is 17.0. The second-order valence-corrected chi connectivity index (χ2v) is 19.0. The number of phenols is 3. The second-order valence-electron chi connectivity index (χ2n) is 19.0. The molecule has 0 atom stereocenters. The Morgan fingerprint density at radius 3 is 1.09 bits per heavy atom. The predicted octanol–water partition coefficient (Wildman–Crippen LogP) is 11.4. The number of aromatic hydroxyl groups is 3. The van der Waals surface area contributed by atoms with Gasteiger partial charge in [0.15, 0.2) is 0 Å². The van der Waals surface area contributed by atoms with Crippen LogP contribution < -0.4 is 0 Å². The van der Waals surface area contributed by atoms with Crippen molar-refractivity contribution in [2.45, 2.75) is 155 Å². The molecule has 1 aliphatic rings. The highest BCUT2D eigenvalue weighted by atomic mass is 16.3. The molecule has 0 saturated heterocycles. The molecule has 1 saturated carbocycles. The van der Waals surface area contributed by atoms with Gasteiger partial charge >= 0.3 is 0 Å². The topological polar surface area (TPSA) is 60.7 Å². The summed E-state index contributed by atoms with van der Waals surface area (Å²) >= 11 is 0. The van der Waals surface area contributed by atoms with Gasteiger partial charge in [0.25, 0.3) is 0 Å². The van der Waals surface area contributed by atoms with E-state index in [0.29, 0.717) is 23.2 Å². The Morgan fingerprint density at radius 1 is 0.500 bits per heavy atom. The van der Waals surface area contributed by atoms with Crippen LogP contribution in [0.5, 0.6) is 17.2 Å². The average Bonchev–Trinajstić information content (AvgIpc) is 2.91. The largest absolute Gasteiger partial charge is 0.508 e. The number of benzene rings is 3. The number of hydrogen-bond donors (Lipinski definition) is 3. The van der Waals surface area contributed by atoms with E-state index in [4.69, 9.17) is 0 Å². The zero-order valence-electron chi connectivity index (χ0n) is 31.4. The van der Waals surface area contributed by atoms with E-state index in [1.165, 1.54) is 16.7 Å². The van der Waals surface area contributed by atoms with Crippen molar-refractivity contribution in [2.24, 2.45) is 5.92 Å². The average molecular weight is 627 g/mol. The van der Waals surface area contributed by atoms with Crippen molar-refractivity contribution in [1.29, 1.82) is 0 Å². The molecule has 3 aromatic rings. The fourth-order valence-corrected chi connectivity index (χ4v) is 7.81. The quantitative estimate of drug-likeness (QED) is 0.270. The fraction of sp³-hybridized carbons (Fsp3) is 0.581. The zero-order valence-corrected chi connectivity index (χ0v) is 31.4. The van der Waals surface area contributed by atoms with Gasteiger partial charge < -0.3 is 15.3 Å². The van der Waals surface area contributed by atoms with Gasteiger partial charge in [0.1, 0.15) is 17.2 Å². The standard InChI is InChI=1S/C43H62O3/c1-38(2,3)32-23-29(24-33(36(32)45)39(4,5)6)43(30-25-34(40(7,8)9)37(46)35(26-30)41(10,11)12)21-19-28(20-22-43)42(13,14)27-15-17-31(44)18-16-27/h15-18,23-26,28,44-46H,19-22H2,1-14H3. The van der Waals surface area contributed by atoms with Gasteiger partial charge in [-0.15, -0.1) is 0 Å². The molecule has 1 fully saturated rings. The van der Waals surface area contributed by atoms with Gasteiger partial charge in [-0.2, -0.15) is 0 Å². The van der Waals surface area contributed by atoms with Crippen LogP contribution in [0.4, 0.5) is 0 Å². The Hall–Kier alpha value is -2.94. The maximum Gasteiger partial charge on any atom is 0.123 e. The van der Waals surface area contributed by atoms with Crippen LogP contribution >= 0.6 is 0 Å². The Bertz CT molecular complexity index is 1400. The first-order valence-corrected chi connectivity index (χ1v) is 17.4. The van der Waals surface area contributed by atoms with E-state index in [2.05, 4.69) is 133 Å². The summed E-state index contributed by atoms with van der Waals surface area (Å²) in [5.41, 5.74) is 6.49. The lowest BCUT2D eigenvalue weighted by atomic mass is 9.57. The molecule has 3 N–H and O–H groups in total. The van der Waals surface area contributed by atoms with Crippen molar-refractivity contribution in [3.63, 3.8) is 0 Å². The Balaban J connectivity index is 2.02. The minimum atomic E-state index is -0.289. The first-order chi connectivity index (χ1) is 20.8. The molecule has 0 unspecified atom stereocenters. The highest BCUT2D eigenvalue weighted by Crippen LogP contribution is 2.55. The molecule has 46 heavy (non-hydrogen) atoms. The molecule has 0 amide bonds. The lowest BCUT2D eigenvalue weighted by Crippen LogP contribution is -2.40. The molecule has 1 aliphatic carbocycles. The van der Waals surface area contributed by atoms with Gasteiger partial charge in [-0.25, -0.2) is 0 Å². The minimum Gasteiger partial charge on any atom is -0.508 e. The first kappa shape index (κ1) is 35.9. The molecule has 3 aromatic carbocycles. The molecule has 0 spiro atoms. The lowest BCUT2D eigenvalue weighted by molar-refractivity contribution is 0.188. The van der Waals surface area contributed by atoms with Crippen molar-refractivity contribution < 1.29 is 15.3 Å². The third-order valence-electron chi connectivity index (χ3n) is 11.0. The summed E-state index contributed by atoms with van der Waals surface area (Å²) < 4.78 is 0. The highest BCUT2D eigenvalue weighted by Gasteiger charge is 2.45. The van der Waals surface area contributed by atoms with Gasteiger partial charge in [-0.05, 0) is 110 Å². The van der Waals surface area contributed by atoms with Gasteiger partial charge in [0.2, 0.25) is 0 Å². The number of phenolic OH excluding ortho intramolecular Hbond substituents is 3. The summed E-state index contributed by atoms with van der Waals surface area (Å²) in [5.74, 6) is 1.60. The maximum atomic E-state index is 11.7. The monoisotopic (exact) mass is 626 g/mol. The lowest BCUT2D eigenvalue weighted by Gasteiger charge is -2.47. The summed E-state index contributed by atoms with van der Waals surface area (Å²) in [4.78, 5) is 0. The van der Waals surface area contributed by atoms with Gasteiger partial charge in [-0.3, -0.25) is 0 Å². The van der Waals surface area contributed by atoms with Crippen molar-refractivity contribution in [3.8, 4) is 17.2 Å². The molecule has 0 aliphatic heterocycles. The molecule has 3 nitrogen and oxygen atoms in total. The normalized spacial score (nSPS) is 16.9. The number of rotatable bonds is 4. The second kappa shape index (κ2) is 11.6. The third kappa shape index (κ3) is 6.71. The van der Waals surface area contributed by atoms with Crippen molar-refractivity contribution >= 4 is 0 Å². The van der Waals surface area contributed by atoms with E-state index in [1.54, 1.807) is 12.1 Å². The van der Waals surface area contributed by atoms with E-state index in [0.717, 1.165) is 47.9 Å². The van der Waals surface area contributed by atoms with E-state index >= 15 is 0 Å². The molecule has 0 radical (unpaired) electrons. The summed E-state index contributed by atoms with van der Waals surface area (Å²) in [5, 5.41) is 33.4. The van der Waals surface area contributed by atoms with Gasteiger partial charge in [0, 0.05) is 5.41 Å². The van der Waals surface area contributed by atoms with Crippen LogP contribution in [0.1, 0.15) is 162 Å². The zero-order chi connectivity index (χ0) is 34.8. The maximum absolute atomic E-state index is 11.7. The molecule has 4 rings (SSSR count). The SMILES string of the molecule is CC(C)(C)c1cc(C2(c3cc(C(C)(C)C)c(O)c(C(C)(C)C)c3)CCC(C(C)(C)c3ccc(O)cc3)CC2)cc(C(C)(C)C)c1O. The smallest absolute Gasteiger partial charge is 0.123 e. The van der Waals surface area contributed by atoms with Gasteiger partial charge in [0.05, 0.1) is 0 Å². The summed E-state index contributed by atoms with van der Waals surface area (Å²) in [7, 11) is 0. The van der Waals surface area contributed by atoms with E-state index in [1.807, 2.05) is 0 Å². The van der Waals surface area contributed by atoms with Crippen LogP contribution in [-0.4, -0.2) is 15.3 Å². The fourth-order valence-electron chi connectivity index (χ4n) is 7.81. The van der Waals surface area contributed by atoms with E-state index < -0.39 is 0 Å². The molecular formula is C43H62O3. The van der Waals surface area contributed by atoms with Crippen molar-refractivity contribution in [2.75, 3.05) is 0 Å². The molecule has 0 bridgehead atoms. The van der Waals surface area contributed by atoms with Crippen LogP contribution in [0.3, 0.4) is 0 Å². The van der Waals surface area contributed by atoms with Gasteiger partial charge in [-0.1, -0.05) is 133 Å². The van der Waals surface area contributed by atoms with Crippen LogP contribution in [0.25, 0.3) is 0 Å². The highest BCUT2D eigenvalue weighted by molar-refractivity contribution is 5.57. The van der Waals surface area contributed by atoms with Crippen LogP contribution in [-0.2, 0) is 32.5 Å². The molecule has 0 heterocycles. The summed E-state index contributed by atoms with van der Waals surface area (Å²) in [6.45, 7) is 31.0. The van der Waals surface area contributed by atoms with E-state index in [-0.39, 0.29) is 32.5 Å². The Kier molecular flexibility index (Phi) is 9.08. The van der Waals surface area contributed by atoms with Crippen molar-refractivity contribution in [1.82, 2.24) is 0 Å². The van der Waals surface area contributed by atoms with Crippen molar-refractivity contribution in [3.05, 3.63) is 87.5 Å². The molecule has 0 aromatic heterocycles. The Morgan fingerprint density at radius 2 is 0.804 bits per heavy atom. The molecular weight excluding hydrogens is 564 g/mol. The summed E-state index contributed by atoms with van der Waals surface area (Å²) in [6.07, 6.45) is 4.02. The first-order valence-electron chi connectivity index (χ1n) is 17.4. The van der Waals surface area contributed by atoms with Crippen LogP contribution in [0.2, 0.25) is 0 Å². The molecule has 252 valence electrons. The minimum absolute atomic E-state index is 0.0515. The number of hydrogen-bond acceptors (Lipinski definition) is 3. The van der Waals surface area contributed by atoms with E-state index in [9.17, 15) is 15.3 Å². The molecule has 3 heteroatoms. The van der Waals surface area contributed by atoms with Crippen LogP contribution in [0.15, 0.2) is 48.5 Å². The van der Waals surface area contributed by atoms with Crippen LogP contribution in [0, 0.1) is 5.92 Å². The Labute approximate surface area is 280 Å². The third-order valence-corrected chi connectivity index (χ3v) is 11.0. The predicted molar refractivity (Wildman–Crippen MR) is 195 cm³/mol.